The first-order chi connectivity index (χ1) is 5.24. The molecule has 5 heteroatoms. The van der Waals surface area contributed by atoms with E-state index in [1.807, 2.05) is 0 Å². The summed E-state index contributed by atoms with van der Waals surface area (Å²) in [7, 11) is 0. The molecule has 1 aromatic heterocycles. The van der Waals surface area contributed by atoms with Crippen LogP contribution in [0, 0.1) is 0 Å². The maximum atomic E-state index is 5.51. The zero-order chi connectivity index (χ0) is 8.27. The molecule has 0 unspecified atom stereocenters. The van der Waals surface area contributed by atoms with Gasteiger partial charge in [0.1, 0.15) is 5.82 Å². The first kappa shape index (κ1) is 8.56. The Morgan fingerprint density at radius 1 is 1.55 bits per heavy atom. The average Bonchev–Trinajstić information content (AvgIpc) is 1.95. The van der Waals surface area contributed by atoms with Crippen LogP contribution in [0.25, 0.3) is 0 Å². The van der Waals surface area contributed by atoms with Crippen LogP contribution in [0.4, 0.5) is 5.82 Å². The maximum Gasteiger partial charge on any atom is 0.224 e. The molecule has 0 aromatic carbocycles. The molecule has 1 heterocycles. The Labute approximate surface area is 74.5 Å². The molecule has 0 amide bonds. The Morgan fingerprint density at radius 2 is 2.27 bits per heavy atom. The van der Waals surface area contributed by atoms with Crippen molar-refractivity contribution in [3.05, 3.63) is 17.0 Å². The van der Waals surface area contributed by atoms with E-state index < -0.39 is 0 Å². The largest absolute Gasteiger partial charge is 0.383 e. The van der Waals surface area contributed by atoms with Crippen molar-refractivity contribution in [2.24, 2.45) is 0 Å². The number of hydrogen-bond donors (Lipinski definition) is 1. The normalized spacial score (nSPS) is 10.0. The Bertz CT molecular complexity index is 252. The van der Waals surface area contributed by atoms with E-state index in [0.29, 0.717) is 18.1 Å². The summed E-state index contributed by atoms with van der Waals surface area (Å²) in [6.45, 7) is 0. The van der Waals surface area contributed by atoms with Crippen LogP contribution in [0.5, 0.6) is 0 Å². The molecule has 0 spiro atoms. The second-order valence-electron chi connectivity index (χ2n) is 1.99. The molecule has 1 rings (SSSR count). The molecule has 11 heavy (non-hydrogen) atoms. The van der Waals surface area contributed by atoms with Crippen molar-refractivity contribution in [1.29, 1.82) is 0 Å². The summed E-state index contributed by atoms with van der Waals surface area (Å²) in [5, 5.41) is 0.167. The van der Waals surface area contributed by atoms with Crippen LogP contribution >= 0.6 is 23.2 Å². The van der Waals surface area contributed by atoms with Gasteiger partial charge in [0, 0.05) is 17.6 Å². The molecule has 0 saturated carbocycles. The van der Waals surface area contributed by atoms with Gasteiger partial charge in [-0.05, 0) is 18.0 Å². The van der Waals surface area contributed by atoms with Crippen LogP contribution in [0.15, 0.2) is 6.20 Å². The quantitative estimate of drug-likeness (QED) is 0.570. The van der Waals surface area contributed by atoms with Gasteiger partial charge in [0.15, 0.2) is 0 Å². The molecule has 3 nitrogen and oxygen atoms in total. The number of nitrogens with two attached hydrogens (primary N) is 1. The zero-order valence-corrected chi connectivity index (χ0v) is 7.23. The average molecular weight is 192 g/mol. The van der Waals surface area contributed by atoms with Gasteiger partial charge in [-0.15, -0.1) is 11.6 Å². The SMILES string of the molecule is Nc1nc(Cl)ncc1CCCl. The molecule has 0 atom stereocenters. The first-order valence-corrected chi connectivity index (χ1v) is 3.98. The number of nitrogen functional groups attached to an aromatic ring is 1. The van der Waals surface area contributed by atoms with Crippen LogP contribution in [-0.4, -0.2) is 15.8 Å². The van der Waals surface area contributed by atoms with Gasteiger partial charge in [-0.2, -0.15) is 0 Å². The number of rotatable bonds is 2. The molecular formula is C6H7Cl2N3. The molecule has 1 aromatic rings. The third-order valence-electron chi connectivity index (χ3n) is 1.23. The van der Waals surface area contributed by atoms with E-state index in [1.165, 1.54) is 0 Å². The van der Waals surface area contributed by atoms with Gasteiger partial charge in [-0.1, -0.05) is 0 Å². The number of aryl methyl sites for hydroxylation is 1. The molecule has 0 radical (unpaired) electrons. The molecule has 0 saturated heterocycles. The minimum absolute atomic E-state index is 0.167. The lowest BCUT2D eigenvalue weighted by molar-refractivity contribution is 1.06. The van der Waals surface area contributed by atoms with Crippen LogP contribution in [0.2, 0.25) is 5.28 Å². The van der Waals surface area contributed by atoms with E-state index >= 15 is 0 Å². The lowest BCUT2D eigenvalue weighted by Gasteiger charge is -2.00. The molecular weight excluding hydrogens is 185 g/mol. The third kappa shape index (κ3) is 2.20. The van der Waals surface area contributed by atoms with Crippen molar-refractivity contribution in [1.82, 2.24) is 9.97 Å². The fourth-order valence-corrected chi connectivity index (χ4v) is 1.04. The molecule has 0 fully saturated rings. The van der Waals surface area contributed by atoms with Gasteiger partial charge >= 0.3 is 0 Å². The Balaban J connectivity index is 2.90. The van der Waals surface area contributed by atoms with Gasteiger partial charge in [0.25, 0.3) is 0 Å². The van der Waals surface area contributed by atoms with Crippen molar-refractivity contribution in [3.63, 3.8) is 0 Å². The Morgan fingerprint density at radius 3 is 2.82 bits per heavy atom. The van der Waals surface area contributed by atoms with Crippen molar-refractivity contribution in [2.45, 2.75) is 6.42 Å². The summed E-state index contributed by atoms with van der Waals surface area (Å²) in [5.74, 6) is 0.917. The molecule has 0 aliphatic heterocycles. The summed E-state index contributed by atoms with van der Waals surface area (Å²) in [6.07, 6.45) is 2.26. The highest BCUT2D eigenvalue weighted by molar-refractivity contribution is 6.28. The smallest absolute Gasteiger partial charge is 0.224 e. The number of aromatic nitrogens is 2. The predicted molar refractivity (Wildman–Crippen MR) is 45.9 cm³/mol. The second-order valence-corrected chi connectivity index (χ2v) is 2.70. The molecule has 0 bridgehead atoms. The van der Waals surface area contributed by atoms with E-state index in [9.17, 15) is 0 Å². The number of alkyl halides is 1. The second kappa shape index (κ2) is 3.74. The topological polar surface area (TPSA) is 51.8 Å². The summed E-state index contributed by atoms with van der Waals surface area (Å²) >= 11 is 11.0. The summed E-state index contributed by atoms with van der Waals surface area (Å²) in [6, 6.07) is 0. The van der Waals surface area contributed by atoms with E-state index in [0.717, 1.165) is 5.56 Å². The number of hydrogen-bond acceptors (Lipinski definition) is 3. The molecule has 0 aliphatic carbocycles. The van der Waals surface area contributed by atoms with Crippen molar-refractivity contribution in [3.8, 4) is 0 Å². The maximum absolute atomic E-state index is 5.51. The molecule has 2 N–H and O–H groups in total. The predicted octanol–water partition coefficient (Wildman–Crippen LogP) is 1.49. The van der Waals surface area contributed by atoms with Gasteiger partial charge in [0.2, 0.25) is 5.28 Å². The minimum atomic E-state index is 0.167. The van der Waals surface area contributed by atoms with Gasteiger partial charge in [-0.3, -0.25) is 0 Å². The van der Waals surface area contributed by atoms with E-state index in [-0.39, 0.29) is 5.28 Å². The van der Waals surface area contributed by atoms with Gasteiger partial charge in [0.05, 0.1) is 0 Å². The standard InChI is InChI=1S/C6H7Cl2N3/c7-2-1-4-3-10-6(8)11-5(4)9/h3H,1-2H2,(H2,9,10,11). The highest BCUT2D eigenvalue weighted by Gasteiger charge is 2.00. The van der Waals surface area contributed by atoms with Crippen LogP contribution in [0.1, 0.15) is 5.56 Å². The Kier molecular flexibility index (Phi) is 2.91. The van der Waals surface area contributed by atoms with Crippen LogP contribution < -0.4 is 5.73 Å². The summed E-state index contributed by atoms with van der Waals surface area (Å²) < 4.78 is 0. The summed E-state index contributed by atoms with van der Waals surface area (Å²) in [4.78, 5) is 7.54. The lowest BCUT2D eigenvalue weighted by atomic mass is 10.2. The highest BCUT2D eigenvalue weighted by Crippen LogP contribution is 2.10. The molecule has 0 aliphatic rings. The zero-order valence-electron chi connectivity index (χ0n) is 5.72. The first-order valence-electron chi connectivity index (χ1n) is 3.07. The fourth-order valence-electron chi connectivity index (χ4n) is 0.692. The fraction of sp³-hybridized carbons (Fsp3) is 0.333. The number of nitrogens with zero attached hydrogens (tertiary/aromatic N) is 2. The number of halogens is 2. The van der Waals surface area contributed by atoms with E-state index in [2.05, 4.69) is 9.97 Å². The highest BCUT2D eigenvalue weighted by atomic mass is 35.5. The van der Waals surface area contributed by atoms with Crippen molar-refractivity contribution in [2.75, 3.05) is 11.6 Å². The van der Waals surface area contributed by atoms with Crippen molar-refractivity contribution < 1.29 is 0 Å². The minimum Gasteiger partial charge on any atom is -0.383 e. The molecule has 60 valence electrons. The lowest BCUT2D eigenvalue weighted by Crippen LogP contribution is -2.00. The van der Waals surface area contributed by atoms with Crippen LogP contribution in [-0.2, 0) is 6.42 Å². The third-order valence-corrected chi connectivity index (χ3v) is 1.60. The summed E-state index contributed by atoms with van der Waals surface area (Å²) in [5.41, 5.74) is 6.35. The van der Waals surface area contributed by atoms with Crippen LogP contribution in [0.3, 0.4) is 0 Å². The van der Waals surface area contributed by atoms with E-state index in [1.54, 1.807) is 6.20 Å². The van der Waals surface area contributed by atoms with Crippen molar-refractivity contribution >= 4 is 29.0 Å². The number of anilines is 1. The van der Waals surface area contributed by atoms with Gasteiger partial charge in [-0.25, -0.2) is 9.97 Å². The van der Waals surface area contributed by atoms with E-state index in [4.69, 9.17) is 28.9 Å². The Hall–Kier alpha value is -0.540. The van der Waals surface area contributed by atoms with Gasteiger partial charge < -0.3 is 5.73 Å². The monoisotopic (exact) mass is 191 g/mol.